The number of aliphatic hydroxyl groups is 1. The van der Waals surface area contributed by atoms with Crippen molar-refractivity contribution in [3.05, 3.63) is 59.3 Å². The van der Waals surface area contributed by atoms with E-state index < -0.39 is 55.0 Å². The van der Waals surface area contributed by atoms with Crippen LogP contribution in [0.4, 0.5) is 31.9 Å². The van der Waals surface area contributed by atoms with Gasteiger partial charge in [0.25, 0.3) is 29.5 Å². The fraction of sp³-hybridized carbons (Fsp3) is 0.463. The number of hydrogen-bond acceptors (Lipinski definition) is 13. The van der Waals surface area contributed by atoms with Crippen LogP contribution in [-0.4, -0.2) is 131 Å². The van der Waals surface area contributed by atoms with E-state index in [0.29, 0.717) is 55.8 Å². The van der Waals surface area contributed by atoms with Gasteiger partial charge in [-0.3, -0.25) is 33.7 Å². The summed E-state index contributed by atoms with van der Waals surface area (Å²) in [7, 11) is 2.72. The van der Waals surface area contributed by atoms with Crippen molar-refractivity contribution >= 4 is 58.6 Å². The number of alkyl halides is 2. The summed E-state index contributed by atoms with van der Waals surface area (Å²) in [6, 6.07) is 7.67. The van der Waals surface area contributed by atoms with Crippen molar-refractivity contribution < 1.29 is 52.1 Å². The molecule has 2 aromatic carbocycles. The Labute approximate surface area is 348 Å². The number of anilines is 4. The highest BCUT2D eigenvalue weighted by molar-refractivity contribution is 6.24. The van der Waals surface area contributed by atoms with Crippen LogP contribution < -0.4 is 35.2 Å². The van der Waals surface area contributed by atoms with Crippen LogP contribution in [0, 0.1) is 0 Å². The second-order valence-corrected chi connectivity index (χ2v) is 15.8. The zero-order chi connectivity index (χ0) is 43.2. The minimum atomic E-state index is -3.61. The molecule has 1 saturated carbocycles. The monoisotopic (exact) mass is 845 g/mol. The van der Waals surface area contributed by atoms with Crippen LogP contribution in [0.25, 0.3) is 0 Å². The molecule has 2 unspecified atom stereocenters. The molecule has 61 heavy (non-hydrogen) atoms. The number of likely N-dealkylation sites (tertiary alicyclic amines) is 1. The number of carbonyl (C=O) groups is 6. The number of aromatic nitrogens is 2. The number of rotatable bonds is 10. The Morgan fingerprint density at radius 1 is 0.984 bits per heavy atom. The maximum Gasteiger partial charge on any atom is 0.342 e. The Bertz CT molecular complexity index is 2280. The molecule has 3 fully saturated rings. The molecular weight excluding hydrogens is 801 g/mol. The highest BCUT2D eigenvalue weighted by atomic mass is 19.3. The number of imide groups is 1. The maximum absolute atomic E-state index is 15.0. The molecule has 5 aliphatic rings. The minimum Gasteiger partial charge on any atom is -0.495 e. The highest BCUT2D eigenvalue weighted by Crippen LogP contribution is 2.40. The molecule has 2 atom stereocenters. The number of methoxy groups -OCH3 is 1. The SMILES string of the molecule is COc1cc(C(=O)NC2CCN(C(=O)COc3cccc4c3C(=O)N(C3CCC(O)NC3=O)C4=O)CC2)ccc1Nc1ncc2c(n1)N(C1CCCC1)CC(F)(F)C(=O)N2C. The van der Waals surface area contributed by atoms with Gasteiger partial charge in [0.2, 0.25) is 11.9 Å². The van der Waals surface area contributed by atoms with E-state index in [1.165, 1.54) is 43.5 Å². The van der Waals surface area contributed by atoms with Gasteiger partial charge in [-0.05, 0) is 68.9 Å². The first-order chi connectivity index (χ1) is 29.2. The summed E-state index contributed by atoms with van der Waals surface area (Å²) in [5, 5.41) is 18.2. The number of aliphatic hydroxyl groups excluding tert-OH is 1. The van der Waals surface area contributed by atoms with Crippen LogP contribution in [0.5, 0.6) is 11.5 Å². The van der Waals surface area contributed by atoms with Crippen molar-refractivity contribution in [3.63, 3.8) is 0 Å². The summed E-state index contributed by atoms with van der Waals surface area (Å²) in [5.41, 5.74) is 0.918. The predicted octanol–water partition coefficient (Wildman–Crippen LogP) is 2.58. The second kappa shape index (κ2) is 16.5. The number of carbonyl (C=O) groups excluding carboxylic acids is 6. The summed E-state index contributed by atoms with van der Waals surface area (Å²) in [6.07, 6.45) is 4.66. The van der Waals surface area contributed by atoms with Crippen LogP contribution in [-0.2, 0) is 14.4 Å². The van der Waals surface area contributed by atoms with E-state index in [9.17, 15) is 33.9 Å². The summed E-state index contributed by atoms with van der Waals surface area (Å²) in [5.74, 6) is -7.02. The Balaban J connectivity index is 0.863. The molecule has 2 saturated heterocycles. The Morgan fingerprint density at radius 2 is 1.74 bits per heavy atom. The fourth-order valence-electron chi connectivity index (χ4n) is 8.63. The number of hydrogen-bond donors (Lipinski definition) is 4. The third-order valence-electron chi connectivity index (χ3n) is 11.9. The van der Waals surface area contributed by atoms with Crippen molar-refractivity contribution in [3.8, 4) is 11.5 Å². The number of halogens is 2. The van der Waals surface area contributed by atoms with E-state index in [2.05, 4.69) is 25.9 Å². The van der Waals surface area contributed by atoms with Crippen LogP contribution in [0.2, 0.25) is 0 Å². The van der Waals surface area contributed by atoms with Crippen molar-refractivity contribution in [1.82, 2.24) is 30.4 Å². The number of fused-ring (bicyclic) bond motifs is 2. The van der Waals surface area contributed by atoms with Gasteiger partial charge in [-0.1, -0.05) is 18.9 Å². The first-order valence-corrected chi connectivity index (χ1v) is 20.2. The van der Waals surface area contributed by atoms with E-state index in [-0.39, 0.29) is 71.1 Å². The van der Waals surface area contributed by atoms with Gasteiger partial charge >= 0.3 is 5.92 Å². The van der Waals surface area contributed by atoms with Gasteiger partial charge in [0.1, 0.15) is 29.5 Å². The van der Waals surface area contributed by atoms with Crippen LogP contribution in [0.1, 0.15) is 82.4 Å². The first kappa shape index (κ1) is 41.3. The van der Waals surface area contributed by atoms with Crippen molar-refractivity contribution in [2.75, 3.05) is 55.5 Å². The molecular formula is C41H45F2N9O9. The van der Waals surface area contributed by atoms with Crippen molar-refractivity contribution in [2.45, 2.75) is 81.6 Å². The van der Waals surface area contributed by atoms with Gasteiger partial charge in [0.05, 0.1) is 36.7 Å². The van der Waals surface area contributed by atoms with Gasteiger partial charge in [-0.15, -0.1) is 0 Å². The lowest BCUT2D eigenvalue weighted by atomic mass is 10.0. The summed E-state index contributed by atoms with van der Waals surface area (Å²) in [4.78, 5) is 92.1. The van der Waals surface area contributed by atoms with Crippen LogP contribution in [0.3, 0.4) is 0 Å². The van der Waals surface area contributed by atoms with Gasteiger partial charge in [0.15, 0.2) is 12.4 Å². The predicted molar refractivity (Wildman–Crippen MR) is 213 cm³/mol. The molecule has 0 spiro atoms. The average Bonchev–Trinajstić information content (AvgIpc) is 3.86. The average molecular weight is 846 g/mol. The standard InChI is InChI=1S/C41H45F2N9O9/c1-49-28-19-44-40(48-34(28)51(24-6-3-4-7-24)21-41(42,43)39(49)59)46-26-11-10-22(18-30(26)60-2)35(55)45-23-14-16-50(17-15-23)32(54)20-61-29-9-5-8-25-33(29)38(58)52(37(25)57)27-12-13-31(53)47-36(27)56/h5,8-11,18-19,23-24,27,31,53H,3-4,6-7,12-17,20-21H2,1-2H3,(H,45,55)(H,47,56)(H,44,46,48). The number of benzene rings is 2. The summed E-state index contributed by atoms with van der Waals surface area (Å²) in [6.45, 7) is -0.559. The zero-order valence-electron chi connectivity index (χ0n) is 33.5. The molecule has 6 amide bonds. The zero-order valence-corrected chi connectivity index (χ0v) is 33.5. The van der Waals surface area contributed by atoms with Gasteiger partial charge < -0.3 is 45.2 Å². The molecule has 0 bridgehead atoms. The quantitative estimate of drug-likeness (QED) is 0.216. The Kier molecular flexibility index (Phi) is 11.2. The second-order valence-electron chi connectivity index (χ2n) is 15.8. The third-order valence-corrected chi connectivity index (χ3v) is 11.9. The van der Waals surface area contributed by atoms with E-state index in [4.69, 9.17) is 9.47 Å². The van der Waals surface area contributed by atoms with E-state index in [1.54, 1.807) is 23.1 Å². The number of nitrogens with zero attached hydrogens (tertiary/aromatic N) is 6. The number of nitrogens with one attached hydrogen (secondary N) is 3. The Hall–Kier alpha value is -6.44. The fourth-order valence-corrected chi connectivity index (χ4v) is 8.63. The molecule has 4 aliphatic heterocycles. The van der Waals surface area contributed by atoms with E-state index in [1.807, 2.05) is 0 Å². The Morgan fingerprint density at radius 3 is 2.46 bits per heavy atom. The van der Waals surface area contributed by atoms with Gasteiger partial charge in [-0.25, -0.2) is 4.98 Å². The molecule has 3 aromatic rings. The highest BCUT2D eigenvalue weighted by Gasteiger charge is 2.49. The summed E-state index contributed by atoms with van der Waals surface area (Å²) < 4.78 is 41.4. The van der Waals surface area contributed by atoms with Crippen LogP contribution in [0.15, 0.2) is 42.6 Å². The minimum absolute atomic E-state index is 0.0317. The lowest BCUT2D eigenvalue weighted by Crippen LogP contribution is -2.55. The number of piperidine rings is 2. The van der Waals surface area contributed by atoms with Gasteiger partial charge in [-0.2, -0.15) is 13.8 Å². The van der Waals surface area contributed by atoms with Gasteiger partial charge in [0, 0.05) is 37.8 Å². The van der Waals surface area contributed by atoms with Crippen molar-refractivity contribution in [2.24, 2.45) is 0 Å². The smallest absolute Gasteiger partial charge is 0.342 e. The molecule has 4 N–H and O–H groups in total. The molecule has 8 rings (SSSR count). The molecule has 1 aromatic heterocycles. The molecule has 5 heterocycles. The molecule has 20 heteroatoms. The first-order valence-electron chi connectivity index (χ1n) is 20.2. The summed E-state index contributed by atoms with van der Waals surface area (Å²) >= 11 is 0. The molecule has 1 aliphatic carbocycles. The topological polar surface area (TPSA) is 216 Å². The largest absolute Gasteiger partial charge is 0.495 e. The normalized spacial score (nSPS) is 21.8. The van der Waals surface area contributed by atoms with E-state index in [0.717, 1.165) is 22.6 Å². The maximum atomic E-state index is 15.0. The van der Waals surface area contributed by atoms with E-state index >= 15 is 8.78 Å². The van der Waals surface area contributed by atoms with Crippen LogP contribution >= 0.6 is 0 Å². The van der Waals surface area contributed by atoms with Crippen molar-refractivity contribution in [1.29, 1.82) is 0 Å². The molecule has 322 valence electrons. The lowest BCUT2D eigenvalue weighted by molar-refractivity contribution is -0.140. The number of ether oxygens (including phenoxy) is 2. The third kappa shape index (κ3) is 7.98. The molecule has 18 nitrogen and oxygen atoms in total. The molecule has 0 radical (unpaired) electrons. The lowest BCUT2D eigenvalue weighted by Gasteiger charge is -2.32. The number of amides is 6.